The SMILES string of the molecule is COC1=C(C)C(=O)C2=C(C1=O)C(C)CCC2C(C)CCC=C(C)C. The van der Waals surface area contributed by atoms with E-state index in [-0.39, 0.29) is 29.2 Å². The average molecular weight is 330 g/mol. The third-order valence-corrected chi connectivity index (χ3v) is 5.51. The summed E-state index contributed by atoms with van der Waals surface area (Å²) in [5, 5.41) is 0. The Kier molecular flexibility index (Phi) is 5.84. The van der Waals surface area contributed by atoms with Crippen LogP contribution in [0.1, 0.15) is 60.3 Å². The van der Waals surface area contributed by atoms with Gasteiger partial charge < -0.3 is 4.74 Å². The highest BCUT2D eigenvalue weighted by atomic mass is 16.5. The van der Waals surface area contributed by atoms with E-state index >= 15 is 0 Å². The highest BCUT2D eigenvalue weighted by Gasteiger charge is 2.42. The molecule has 3 atom stereocenters. The molecule has 0 aromatic rings. The van der Waals surface area contributed by atoms with Gasteiger partial charge >= 0.3 is 0 Å². The molecule has 3 unspecified atom stereocenters. The molecule has 0 N–H and O–H groups in total. The van der Waals surface area contributed by atoms with Crippen LogP contribution in [0.5, 0.6) is 0 Å². The standard InChI is InChI=1S/C21H30O3/c1-12(2)8-7-9-13(3)16-11-10-14(4)17-18(16)19(22)15(5)21(24-6)20(17)23/h8,13-14,16H,7,9-11H2,1-6H3. The van der Waals surface area contributed by atoms with Crippen LogP contribution in [0.15, 0.2) is 34.1 Å². The molecule has 2 rings (SSSR count). The fraction of sp³-hybridized carbons (Fsp3) is 0.619. The molecule has 0 fully saturated rings. The Morgan fingerprint density at radius 2 is 1.88 bits per heavy atom. The molecule has 0 spiro atoms. The predicted octanol–water partition coefficient (Wildman–Crippen LogP) is 4.78. The third kappa shape index (κ3) is 3.40. The monoisotopic (exact) mass is 330 g/mol. The van der Waals surface area contributed by atoms with Gasteiger partial charge in [0, 0.05) is 16.7 Å². The Hall–Kier alpha value is -1.64. The van der Waals surface area contributed by atoms with E-state index in [4.69, 9.17) is 4.74 Å². The van der Waals surface area contributed by atoms with Gasteiger partial charge in [0.2, 0.25) is 5.78 Å². The highest BCUT2D eigenvalue weighted by molar-refractivity contribution is 6.24. The minimum Gasteiger partial charge on any atom is -0.492 e. The van der Waals surface area contributed by atoms with Gasteiger partial charge in [-0.1, -0.05) is 25.5 Å². The molecule has 0 bridgehead atoms. The van der Waals surface area contributed by atoms with Gasteiger partial charge in [0.15, 0.2) is 11.5 Å². The summed E-state index contributed by atoms with van der Waals surface area (Å²) < 4.78 is 5.24. The van der Waals surface area contributed by atoms with Crippen molar-refractivity contribution >= 4 is 11.6 Å². The molecule has 0 amide bonds. The molecule has 0 aromatic carbocycles. The lowest BCUT2D eigenvalue weighted by Crippen LogP contribution is -2.35. The maximum Gasteiger partial charge on any atom is 0.224 e. The summed E-state index contributed by atoms with van der Waals surface area (Å²) in [5.41, 5.74) is 3.29. The first-order valence-corrected chi connectivity index (χ1v) is 9.01. The zero-order chi connectivity index (χ0) is 18.0. The first kappa shape index (κ1) is 18.7. The van der Waals surface area contributed by atoms with Gasteiger partial charge in [-0.05, 0) is 64.2 Å². The second kappa shape index (κ2) is 7.50. The van der Waals surface area contributed by atoms with Crippen molar-refractivity contribution in [3.8, 4) is 0 Å². The fourth-order valence-corrected chi connectivity index (χ4v) is 4.07. The summed E-state index contributed by atoms with van der Waals surface area (Å²) >= 11 is 0. The lowest BCUT2D eigenvalue weighted by atomic mass is 9.66. The third-order valence-electron chi connectivity index (χ3n) is 5.51. The van der Waals surface area contributed by atoms with Crippen LogP contribution in [0.4, 0.5) is 0 Å². The predicted molar refractivity (Wildman–Crippen MR) is 96.5 cm³/mol. The molecule has 132 valence electrons. The number of rotatable bonds is 5. The smallest absolute Gasteiger partial charge is 0.224 e. The van der Waals surface area contributed by atoms with Gasteiger partial charge in [-0.3, -0.25) is 9.59 Å². The first-order valence-electron chi connectivity index (χ1n) is 9.01. The topological polar surface area (TPSA) is 43.4 Å². The zero-order valence-electron chi connectivity index (χ0n) is 15.9. The molecule has 0 heterocycles. The molecule has 0 saturated heterocycles. The van der Waals surface area contributed by atoms with E-state index in [1.807, 2.05) is 0 Å². The molecule has 2 aliphatic rings. The van der Waals surface area contributed by atoms with Crippen LogP contribution in [0.25, 0.3) is 0 Å². The van der Waals surface area contributed by atoms with Crippen LogP contribution in [-0.4, -0.2) is 18.7 Å². The van der Waals surface area contributed by atoms with E-state index in [1.165, 1.54) is 12.7 Å². The number of ether oxygens (including phenoxy) is 1. The number of ketones is 2. The number of allylic oxidation sites excluding steroid dienone is 5. The van der Waals surface area contributed by atoms with Crippen molar-refractivity contribution in [3.63, 3.8) is 0 Å². The maximum absolute atomic E-state index is 13.0. The molecule has 0 aromatic heterocycles. The quantitative estimate of drug-likeness (QED) is 0.538. The summed E-state index contributed by atoms with van der Waals surface area (Å²) in [5.74, 6) is 0.906. The molecule has 3 heteroatoms. The average Bonchev–Trinajstić information content (AvgIpc) is 2.52. The number of hydrogen-bond acceptors (Lipinski definition) is 3. The van der Waals surface area contributed by atoms with Crippen LogP contribution >= 0.6 is 0 Å². The van der Waals surface area contributed by atoms with Crippen molar-refractivity contribution < 1.29 is 14.3 Å². The van der Waals surface area contributed by atoms with E-state index in [1.54, 1.807) is 6.92 Å². The van der Waals surface area contributed by atoms with Crippen LogP contribution in [0, 0.1) is 17.8 Å². The number of Topliss-reactive ketones (excluding diaryl/α,β-unsaturated/α-hetero) is 2. The molecule has 0 saturated carbocycles. The Morgan fingerprint density at radius 1 is 1.21 bits per heavy atom. The van der Waals surface area contributed by atoms with Crippen LogP contribution in [0.3, 0.4) is 0 Å². The Morgan fingerprint density at radius 3 is 2.46 bits per heavy atom. The molecule has 3 nitrogen and oxygen atoms in total. The number of carbonyl (C=O) groups is 2. The van der Waals surface area contributed by atoms with Crippen molar-refractivity contribution in [1.82, 2.24) is 0 Å². The van der Waals surface area contributed by atoms with Gasteiger partial charge in [0.1, 0.15) is 0 Å². The second-order valence-electron chi connectivity index (χ2n) is 7.56. The maximum atomic E-state index is 13.0. The summed E-state index contributed by atoms with van der Waals surface area (Å²) in [7, 11) is 1.47. The highest BCUT2D eigenvalue weighted by Crippen LogP contribution is 2.44. The Bertz CT molecular complexity index is 629. The lowest BCUT2D eigenvalue weighted by Gasteiger charge is -2.37. The van der Waals surface area contributed by atoms with Crippen LogP contribution in [-0.2, 0) is 14.3 Å². The van der Waals surface area contributed by atoms with Gasteiger partial charge in [-0.2, -0.15) is 0 Å². The molecular formula is C21H30O3. The molecular weight excluding hydrogens is 300 g/mol. The minimum absolute atomic E-state index is 0.0204. The number of hydrogen-bond donors (Lipinski definition) is 0. The Balaban J connectivity index is 2.35. The van der Waals surface area contributed by atoms with E-state index in [9.17, 15) is 9.59 Å². The van der Waals surface area contributed by atoms with Gasteiger partial charge in [0.25, 0.3) is 0 Å². The van der Waals surface area contributed by atoms with Crippen LogP contribution < -0.4 is 0 Å². The minimum atomic E-state index is -0.0710. The normalized spacial score (nSPS) is 25.6. The van der Waals surface area contributed by atoms with Crippen molar-refractivity contribution in [1.29, 1.82) is 0 Å². The molecule has 24 heavy (non-hydrogen) atoms. The van der Waals surface area contributed by atoms with E-state index < -0.39 is 0 Å². The zero-order valence-corrected chi connectivity index (χ0v) is 15.9. The number of carbonyl (C=O) groups excluding carboxylic acids is 2. The van der Waals surface area contributed by atoms with E-state index in [2.05, 4.69) is 33.8 Å². The van der Waals surface area contributed by atoms with Crippen LogP contribution in [0.2, 0.25) is 0 Å². The van der Waals surface area contributed by atoms with Crippen molar-refractivity contribution in [2.45, 2.75) is 60.3 Å². The first-order chi connectivity index (χ1) is 11.3. The summed E-state index contributed by atoms with van der Waals surface area (Å²) in [4.78, 5) is 25.8. The lowest BCUT2D eigenvalue weighted by molar-refractivity contribution is -0.120. The molecule has 2 aliphatic carbocycles. The van der Waals surface area contributed by atoms with E-state index in [0.29, 0.717) is 17.1 Å². The van der Waals surface area contributed by atoms with Gasteiger partial charge in [-0.25, -0.2) is 0 Å². The summed E-state index contributed by atoms with van der Waals surface area (Å²) in [6.07, 6.45) is 6.27. The molecule has 0 aliphatic heterocycles. The second-order valence-corrected chi connectivity index (χ2v) is 7.56. The summed E-state index contributed by atoms with van der Waals surface area (Å²) in [6, 6.07) is 0. The van der Waals surface area contributed by atoms with Gasteiger partial charge in [0.05, 0.1) is 7.11 Å². The van der Waals surface area contributed by atoms with Crippen molar-refractivity contribution in [3.05, 3.63) is 34.1 Å². The molecule has 0 radical (unpaired) electrons. The van der Waals surface area contributed by atoms with Crippen molar-refractivity contribution in [2.75, 3.05) is 7.11 Å². The fourth-order valence-electron chi connectivity index (χ4n) is 4.07. The summed E-state index contributed by atoms with van der Waals surface area (Å²) in [6.45, 7) is 10.2. The largest absolute Gasteiger partial charge is 0.492 e. The van der Waals surface area contributed by atoms with Gasteiger partial charge in [-0.15, -0.1) is 0 Å². The number of methoxy groups -OCH3 is 1. The van der Waals surface area contributed by atoms with E-state index in [0.717, 1.165) is 31.3 Å². The van der Waals surface area contributed by atoms with Crippen molar-refractivity contribution in [2.24, 2.45) is 17.8 Å². The Labute approximate surface area is 145 Å².